The maximum atomic E-state index is 12.9. The van der Waals surface area contributed by atoms with Gasteiger partial charge in [-0.25, -0.2) is 0 Å². The lowest BCUT2D eigenvalue weighted by Gasteiger charge is -2.18. The van der Waals surface area contributed by atoms with Crippen LogP contribution < -0.4 is 0 Å². The molecular formula is C77H140O6. The minimum absolute atomic E-state index is 0.0731. The van der Waals surface area contributed by atoms with Gasteiger partial charge in [0.05, 0.1) is 0 Å². The van der Waals surface area contributed by atoms with Crippen LogP contribution in [0.25, 0.3) is 0 Å². The molecule has 0 rings (SSSR count). The molecule has 0 bridgehead atoms. The van der Waals surface area contributed by atoms with Crippen molar-refractivity contribution in [1.29, 1.82) is 0 Å². The highest BCUT2D eigenvalue weighted by Crippen LogP contribution is 2.19. The lowest BCUT2D eigenvalue weighted by Crippen LogP contribution is -2.30. The predicted octanol–water partition coefficient (Wildman–Crippen LogP) is 25.5. The summed E-state index contributed by atoms with van der Waals surface area (Å²) in [7, 11) is 0. The van der Waals surface area contributed by atoms with E-state index in [9.17, 15) is 14.4 Å². The molecule has 484 valence electrons. The van der Waals surface area contributed by atoms with E-state index in [4.69, 9.17) is 14.2 Å². The molecule has 6 nitrogen and oxygen atoms in total. The molecular weight excluding hydrogens is 1020 g/mol. The second-order valence-corrected chi connectivity index (χ2v) is 24.8. The third-order valence-corrected chi connectivity index (χ3v) is 16.5. The van der Waals surface area contributed by atoms with Crippen molar-refractivity contribution in [3.05, 3.63) is 60.8 Å². The van der Waals surface area contributed by atoms with E-state index >= 15 is 0 Å². The van der Waals surface area contributed by atoms with E-state index in [1.165, 1.54) is 250 Å². The molecule has 0 saturated heterocycles. The van der Waals surface area contributed by atoms with E-state index < -0.39 is 6.10 Å². The number of esters is 3. The van der Waals surface area contributed by atoms with Gasteiger partial charge in [-0.05, 0) is 64.2 Å². The largest absolute Gasteiger partial charge is 0.462 e. The number of rotatable bonds is 68. The van der Waals surface area contributed by atoms with Crippen LogP contribution in [0.2, 0.25) is 0 Å². The summed E-state index contributed by atoms with van der Waals surface area (Å²) in [5.41, 5.74) is 0. The van der Waals surface area contributed by atoms with Crippen LogP contribution in [0.3, 0.4) is 0 Å². The first-order chi connectivity index (χ1) is 41.0. The van der Waals surface area contributed by atoms with Crippen LogP contribution in [-0.2, 0) is 28.6 Å². The van der Waals surface area contributed by atoms with Crippen LogP contribution in [0.4, 0.5) is 0 Å². The molecule has 0 aromatic rings. The highest BCUT2D eigenvalue weighted by molar-refractivity contribution is 5.71. The van der Waals surface area contributed by atoms with Crippen LogP contribution >= 0.6 is 0 Å². The Bertz CT molecular complexity index is 1470. The Hall–Kier alpha value is -2.89. The van der Waals surface area contributed by atoms with Crippen LogP contribution in [0.15, 0.2) is 60.8 Å². The van der Waals surface area contributed by atoms with Crippen molar-refractivity contribution in [2.45, 2.75) is 399 Å². The number of carbonyl (C=O) groups is 3. The molecule has 83 heavy (non-hydrogen) atoms. The van der Waals surface area contributed by atoms with Gasteiger partial charge in [0.15, 0.2) is 6.10 Å². The Morgan fingerprint density at radius 2 is 0.470 bits per heavy atom. The van der Waals surface area contributed by atoms with Crippen molar-refractivity contribution in [1.82, 2.24) is 0 Å². The van der Waals surface area contributed by atoms with E-state index in [1.807, 2.05) is 0 Å². The van der Waals surface area contributed by atoms with Crippen LogP contribution in [0.1, 0.15) is 393 Å². The molecule has 1 atom stereocenters. The standard InChI is InChI=1S/C77H140O6/c1-4-7-10-13-15-17-19-21-23-25-27-29-31-33-34-35-36-37-38-39-40-41-42-44-45-47-49-51-53-55-57-59-61-64-67-70-76(79)82-73-74(72-81-75(78)69-66-63-12-9-6-3)83-77(80)71-68-65-62-60-58-56-54-52-50-48-46-43-32-30-28-26-24-22-20-18-16-14-11-8-5-2/h8,11,16,18,22,24,28,30,43,46,74H,4-7,9-10,12-15,17,19-21,23,25-27,29,31-42,44-45,47-73H2,1-3H3/b11-8-,18-16-,24-22-,30-28-,46-43-. The summed E-state index contributed by atoms with van der Waals surface area (Å²) in [4.78, 5) is 38.0. The monoisotopic (exact) mass is 1160 g/mol. The summed E-state index contributed by atoms with van der Waals surface area (Å²) < 4.78 is 16.8. The predicted molar refractivity (Wildman–Crippen MR) is 362 cm³/mol. The molecule has 0 aliphatic heterocycles. The van der Waals surface area contributed by atoms with Gasteiger partial charge < -0.3 is 14.2 Å². The van der Waals surface area contributed by atoms with Crippen molar-refractivity contribution in [2.75, 3.05) is 13.2 Å². The topological polar surface area (TPSA) is 78.9 Å². The normalized spacial score (nSPS) is 12.4. The van der Waals surface area contributed by atoms with Gasteiger partial charge in [0.1, 0.15) is 13.2 Å². The van der Waals surface area contributed by atoms with Crippen LogP contribution in [0.5, 0.6) is 0 Å². The molecule has 0 aliphatic rings. The first-order valence-corrected chi connectivity index (χ1v) is 36.8. The Morgan fingerprint density at radius 1 is 0.253 bits per heavy atom. The van der Waals surface area contributed by atoms with Gasteiger partial charge in [-0.15, -0.1) is 0 Å². The molecule has 6 heteroatoms. The van der Waals surface area contributed by atoms with Gasteiger partial charge in [-0.3, -0.25) is 14.4 Å². The number of ether oxygens (including phenoxy) is 3. The van der Waals surface area contributed by atoms with E-state index in [2.05, 4.69) is 81.5 Å². The maximum Gasteiger partial charge on any atom is 0.306 e. The van der Waals surface area contributed by atoms with Crippen LogP contribution in [-0.4, -0.2) is 37.2 Å². The Morgan fingerprint density at radius 3 is 0.735 bits per heavy atom. The van der Waals surface area contributed by atoms with Crippen molar-refractivity contribution in [2.24, 2.45) is 0 Å². The smallest absolute Gasteiger partial charge is 0.306 e. The summed E-state index contributed by atoms with van der Waals surface area (Å²) in [6.45, 7) is 6.50. The van der Waals surface area contributed by atoms with Gasteiger partial charge in [-0.2, -0.15) is 0 Å². The summed E-state index contributed by atoms with van der Waals surface area (Å²) >= 11 is 0. The van der Waals surface area contributed by atoms with E-state index in [-0.39, 0.29) is 31.1 Å². The van der Waals surface area contributed by atoms with Crippen molar-refractivity contribution in [3.8, 4) is 0 Å². The molecule has 0 N–H and O–H groups in total. The zero-order valence-electron chi connectivity index (χ0n) is 55.7. The lowest BCUT2D eigenvalue weighted by atomic mass is 10.0. The van der Waals surface area contributed by atoms with Gasteiger partial charge in [-0.1, -0.05) is 370 Å². The Kier molecular flexibility index (Phi) is 69.1. The molecule has 0 fully saturated rings. The van der Waals surface area contributed by atoms with Gasteiger partial charge >= 0.3 is 17.9 Å². The fraction of sp³-hybridized carbons (Fsp3) is 0.831. The SMILES string of the molecule is CC/C=C\C/C=C\C/C=C\C/C=C\C/C=C\CCCCCCCCCCCC(=O)OC(COC(=O)CCCCCCC)COC(=O)CCCCCCCCCCCCCCCCCCCCCCCCCCCCCCCCCCCCC. The molecule has 0 saturated carbocycles. The second-order valence-electron chi connectivity index (χ2n) is 24.8. The minimum Gasteiger partial charge on any atom is -0.462 e. The fourth-order valence-corrected chi connectivity index (χ4v) is 11.1. The van der Waals surface area contributed by atoms with Crippen molar-refractivity contribution in [3.63, 3.8) is 0 Å². The third-order valence-electron chi connectivity index (χ3n) is 16.5. The van der Waals surface area contributed by atoms with Crippen molar-refractivity contribution < 1.29 is 28.6 Å². The summed E-state index contributed by atoms with van der Waals surface area (Å²) in [6.07, 6.45) is 93.4. The zero-order chi connectivity index (χ0) is 59.9. The molecule has 0 heterocycles. The summed E-state index contributed by atoms with van der Waals surface area (Å²) in [6, 6.07) is 0. The summed E-state index contributed by atoms with van der Waals surface area (Å²) in [5, 5.41) is 0. The molecule has 0 aliphatic carbocycles. The van der Waals surface area contributed by atoms with E-state index in [1.54, 1.807) is 0 Å². The van der Waals surface area contributed by atoms with E-state index in [0.717, 1.165) is 103 Å². The highest BCUT2D eigenvalue weighted by Gasteiger charge is 2.19. The van der Waals surface area contributed by atoms with Gasteiger partial charge in [0.25, 0.3) is 0 Å². The van der Waals surface area contributed by atoms with E-state index in [0.29, 0.717) is 19.3 Å². The zero-order valence-corrected chi connectivity index (χ0v) is 55.7. The average Bonchev–Trinajstić information content (AvgIpc) is 3.49. The Balaban J connectivity index is 3.89. The molecule has 0 spiro atoms. The first-order valence-electron chi connectivity index (χ1n) is 36.8. The lowest BCUT2D eigenvalue weighted by molar-refractivity contribution is -0.167. The minimum atomic E-state index is -0.774. The summed E-state index contributed by atoms with van der Waals surface area (Å²) in [5.74, 6) is -0.874. The molecule has 0 aromatic heterocycles. The molecule has 1 unspecified atom stereocenters. The molecule has 0 amide bonds. The Labute approximate surface area is 517 Å². The highest BCUT2D eigenvalue weighted by atomic mass is 16.6. The maximum absolute atomic E-state index is 12.9. The number of unbranched alkanes of at least 4 members (excludes halogenated alkanes) is 47. The van der Waals surface area contributed by atoms with Gasteiger partial charge in [0, 0.05) is 19.3 Å². The van der Waals surface area contributed by atoms with Crippen LogP contribution in [0, 0.1) is 0 Å². The number of allylic oxidation sites excluding steroid dienone is 10. The van der Waals surface area contributed by atoms with Gasteiger partial charge in [0.2, 0.25) is 0 Å². The fourth-order valence-electron chi connectivity index (χ4n) is 11.1. The third kappa shape index (κ3) is 69.8. The molecule has 0 aromatic carbocycles. The molecule has 0 radical (unpaired) electrons. The second kappa shape index (κ2) is 71.6. The number of hydrogen-bond donors (Lipinski definition) is 0. The van der Waals surface area contributed by atoms with Crippen molar-refractivity contribution >= 4 is 17.9 Å². The number of carbonyl (C=O) groups excluding carboxylic acids is 3. The average molecular weight is 1160 g/mol. The first kappa shape index (κ1) is 80.1. The quantitative estimate of drug-likeness (QED) is 0.0261. The number of hydrogen-bond acceptors (Lipinski definition) is 6.